The maximum atomic E-state index is 12.9. The van der Waals surface area contributed by atoms with Gasteiger partial charge in [0.25, 0.3) is 0 Å². The highest BCUT2D eigenvalue weighted by molar-refractivity contribution is 6.32. The number of carbonyl (C=O) groups is 2. The molecule has 0 N–H and O–H groups in total. The first-order chi connectivity index (χ1) is 14.7. The van der Waals surface area contributed by atoms with Crippen molar-refractivity contribution >= 4 is 23.4 Å². The zero-order valence-electron chi connectivity index (χ0n) is 16.9. The Morgan fingerprint density at radius 1 is 1.10 bits per heavy atom. The van der Waals surface area contributed by atoms with E-state index in [1.54, 1.807) is 42.7 Å². The van der Waals surface area contributed by atoms with Gasteiger partial charge in [-0.25, -0.2) is 9.78 Å². The molecule has 1 unspecified atom stereocenters. The van der Waals surface area contributed by atoms with E-state index in [-0.39, 0.29) is 22.2 Å². The van der Waals surface area contributed by atoms with Crippen LogP contribution >= 0.6 is 11.6 Å². The van der Waals surface area contributed by atoms with Gasteiger partial charge >= 0.3 is 12.6 Å². The van der Waals surface area contributed by atoms with E-state index in [1.807, 2.05) is 0 Å². The van der Waals surface area contributed by atoms with Crippen molar-refractivity contribution in [1.29, 1.82) is 0 Å². The van der Waals surface area contributed by atoms with E-state index in [4.69, 9.17) is 16.3 Å². The third-order valence-electron chi connectivity index (χ3n) is 4.65. The molecule has 3 rings (SSSR count). The van der Waals surface area contributed by atoms with Gasteiger partial charge in [0.1, 0.15) is 10.9 Å². The molecule has 162 valence electrons. The maximum Gasteiger partial charge on any atom is 0.387 e. The lowest BCUT2D eigenvalue weighted by atomic mass is 10.1. The van der Waals surface area contributed by atoms with Crippen LogP contribution in [-0.4, -0.2) is 34.0 Å². The molecule has 0 aliphatic carbocycles. The third-order valence-corrected chi connectivity index (χ3v) is 4.95. The van der Waals surface area contributed by atoms with Crippen molar-refractivity contribution < 1.29 is 27.8 Å². The second-order valence-corrected chi connectivity index (χ2v) is 7.10. The third kappa shape index (κ3) is 4.91. The number of Topliss-reactive ketones (excluding diaryl/α,β-unsaturated/α-hetero) is 1. The van der Waals surface area contributed by atoms with Crippen LogP contribution in [0.15, 0.2) is 48.7 Å². The van der Waals surface area contributed by atoms with Crippen LogP contribution < -0.4 is 4.74 Å². The molecule has 2 heterocycles. The molecule has 0 bridgehead atoms. The predicted molar refractivity (Wildman–Crippen MR) is 110 cm³/mol. The van der Waals surface area contributed by atoms with E-state index in [0.29, 0.717) is 16.9 Å². The lowest BCUT2D eigenvalue weighted by Crippen LogP contribution is -2.25. The summed E-state index contributed by atoms with van der Waals surface area (Å²) in [5.41, 5.74) is 2.48. The number of esters is 1. The first kappa shape index (κ1) is 22.4. The minimum Gasteiger partial charge on any atom is -0.451 e. The topological polar surface area (TPSA) is 70.4 Å². The van der Waals surface area contributed by atoms with E-state index < -0.39 is 18.7 Å². The molecule has 0 saturated heterocycles. The van der Waals surface area contributed by atoms with Crippen molar-refractivity contribution in [2.45, 2.75) is 33.5 Å². The van der Waals surface area contributed by atoms with Crippen molar-refractivity contribution in [3.63, 3.8) is 0 Å². The molecule has 0 radical (unpaired) electrons. The zero-order chi connectivity index (χ0) is 22.7. The molecule has 0 amide bonds. The van der Waals surface area contributed by atoms with Gasteiger partial charge in [-0.15, -0.1) is 0 Å². The highest BCUT2D eigenvalue weighted by atomic mass is 35.5. The Hall–Kier alpha value is -3.26. The normalized spacial score (nSPS) is 12.0. The summed E-state index contributed by atoms with van der Waals surface area (Å²) in [6.45, 7) is 2.12. The van der Waals surface area contributed by atoms with Gasteiger partial charge in [-0.2, -0.15) is 8.78 Å². The lowest BCUT2D eigenvalue weighted by Gasteiger charge is -2.14. The van der Waals surface area contributed by atoms with Gasteiger partial charge in [0, 0.05) is 28.8 Å². The molecule has 3 aromatic rings. The van der Waals surface area contributed by atoms with Crippen LogP contribution in [0.5, 0.6) is 5.75 Å². The molecule has 0 spiro atoms. The summed E-state index contributed by atoms with van der Waals surface area (Å²) < 4.78 is 36.1. The first-order valence-electron chi connectivity index (χ1n) is 9.29. The largest absolute Gasteiger partial charge is 0.451 e. The SMILES string of the molecule is Cc1cc(C(=O)C(C)OC(=O)c2cccnc2Cl)c(C)n1-c1ccc(OC(F)F)cc1. The van der Waals surface area contributed by atoms with Crippen LogP contribution in [0.3, 0.4) is 0 Å². The highest BCUT2D eigenvalue weighted by Crippen LogP contribution is 2.25. The van der Waals surface area contributed by atoms with Crippen LogP contribution in [0.25, 0.3) is 5.69 Å². The summed E-state index contributed by atoms with van der Waals surface area (Å²) in [5.74, 6) is -1.10. The standard InChI is InChI=1S/C22H19ClF2N2O4/c1-12-11-18(13(2)27(12)15-6-8-16(9-7-15)31-22(24)25)19(28)14(3)30-21(29)17-5-4-10-26-20(17)23/h4-11,14,22H,1-3H3. The summed E-state index contributed by atoms with van der Waals surface area (Å²) >= 11 is 5.90. The molecule has 0 aliphatic rings. The molecule has 0 fully saturated rings. The van der Waals surface area contributed by atoms with Crippen molar-refractivity contribution in [3.8, 4) is 11.4 Å². The van der Waals surface area contributed by atoms with Crippen LogP contribution in [0.1, 0.15) is 39.0 Å². The number of aromatic nitrogens is 2. The smallest absolute Gasteiger partial charge is 0.387 e. The minimum atomic E-state index is -2.91. The van der Waals surface area contributed by atoms with Crippen molar-refractivity contribution in [3.05, 3.63) is 76.3 Å². The van der Waals surface area contributed by atoms with Gasteiger partial charge in [0.05, 0.1) is 5.56 Å². The Balaban J connectivity index is 1.81. The fourth-order valence-corrected chi connectivity index (χ4v) is 3.42. The first-order valence-corrected chi connectivity index (χ1v) is 9.66. The van der Waals surface area contributed by atoms with Crippen LogP contribution in [0, 0.1) is 13.8 Å². The average molecular weight is 449 g/mol. The van der Waals surface area contributed by atoms with Gasteiger partial charge in [-0.1, -0.05) is 11.6 Å². The molecule has 6 nitrogen and oxygen atoms in total. The molecule has 0 saturated carbocycles. The van der Waals surface area contributed by atoms with Crippen molar-refractivity contribution in [1.82, 2.24) is 9.55 Å². The molecule has 1 atom stereocenters. The number of ether oxygens (including phenoxy) is 2. The second-order valence-electron chi connectivity index (χ2n) is 6.75. The molecule has 0 aliphatic heterocycles. The van der Waals surface area contributed by atoms with E-state index in [9.17, 15) is 18.4 Å². The van der Waals surface area contributed by atoms with E-state index >= 15 is 0 Å². The number of rotatable bonds is 7. The van der Waals surface area contributed by atoms with E-state index in [2.05, 4.69) is 9.72 Å². The average Bonchev–Trinajstić information content (AvgIpc) is 3.02. The fourth-order valence-electron chi connectivity index (χ4n) is 3.22. The molecule has 1 aromatic carbocycles. The summed E-state index contributed by atoms with van der Waals surface area (Å²) in [4.78, 5) is 29.1. The van der Waals surface area contributed by atoms with Crippen molar-refractivity contribution in [2.75, 3.05) is 0 Å². The number of pyridine rings is 1. The fraction of sp³-hybridized carbons (Fsp3) is 0.227. The number of carbonyl (C=O) groups excluding carboxylic acids is 2. The zero-order valence-corrected chi connectivity index (χ0v) is 17.7. The van der Waals surface area contributed by atoms with E-state index in [1.165, 1.54) is 31.3 Å². The summed E-state index contributed by atoms with van der Waals surface area (Å²) in [7, 11) is 0. The summed E-state index contributed by atoms with van der Waals surface area (Å²) in [6, 6.07) is 10.7. The van der Waals surface area contributed by atoms with E-state index in [0.717, 1.165) is 5.69 Å². The van der Waals surface area contributed by atoms with Crippen LogP contribution in [0.4, 0.5) is 8.78 Å². The molecule has 2 aromatic heterocycles. The van der Waals surface area contributed by atoms with Gasteiger partial charge in [0.2, 0.25) is 5.78 Å². The Labute approximate surface area is 182 Å². The number of aryl methyl sites for hydroxylation is 1. The monoisotopic (exact) mass is 448 g/mol. The summed E-state index contributed by atoms with van der Waals surface area (Å²) in [5, 5.41) is -0.00963. The maximum absolute atomic E-state index is 12.9. The Bertz CT molecular complexity index is 1110. The van der Waals surface area contributed by atoms with Crippen LogP contribution in [-0.2, 0) is 4.74 Å². The van der Waals surface area contributed by atoms with Gasteiger partial charge in [-0.3, -0.25) is 4.79 Å². The number of nitrogens with zero attached hydrogens (tertiary/aromatic N) is 2. The number of alkyl halides is 2. The second kappa shape index (κ2) is 9.26. The molecular formula is C22H19ClF2N2O4. The van der Waals surface area contributed by atoms with Crippen LogP contribution in [0.2, 0.25) is 5.15 Å². The molecule has 9 heteroatoms. The molecule has 31 heavy (non-hydrogen) atoms. The minimum absolute atomic E-state index is 0.00963. The molecular weight excluding hydrogens is 430 g/mol. The number of ketones is 1. The number of hydrogen-bond acceptors (Lipinski definition) is 5. The summed E-state index contributed by atoms with van der Waals surface area (Å²) in [6.07, 6.45) is 0.383. The predicted octanol–water partition coefficient (Wildman–Crippen LogP) is 5.17. The van der Waals surface area contributed by atoms with Gasteiger partial charge < -0.3 is 14.0 Å². The lowest BCUT2D eigenvalue weighted by molar-refractivity contribution is -0.0498. The number of halogens is 3. The highest BCUT2D eigenvalue weighted by Gasteiger charge is 2.25. The Morgan fingerprint density at radius 3 is 2.39 bits per heavy atom. The van der Waals surface area contributed by atoms with Crippen molar-refractivity contribution in [2.24, 2.45) is 0 Å². The number of benzene rings is 1. The quantitative estimate of drug-likeness (QED) is 0.283. The van der Waals surface area contributed by atoms with Gasteiger partial charge in [0.15, 0.2) is 6.10 Å². The Kier molecular flexibility index (Phi) is 6.70. The Morgan fingerprint density at radius 2 is 1.77 bits per heavy atom. The van der Waals surface area contributed by atoms with Gasteiger partial charge in [-0.05, 0) is 63.2 Å². The number of hydrogen-bond donors (Lipinski definition) is 0.